The fourth-order valence-corrected chi connectivity index (χ4v) is 3.75. The maximum atomic E-state index is 11.9. The SMILES string of the molecule is CCS(=O)(=O)c1ccc(Oc2cc(C(=O)O)cc3c2CC(C)(C)O3)cc1. The van der Waals surface area contributed by atoms with Gasteiger partial charge in [0.15, 0.2) is 9.84 Å². The Balaban J connectivity index is 1.97. The number of ether oxygens (including phenoxy) is 2. The number of benzene rings is 2. The minimum Gasteiger partial charge on any atom is -0.487 e. The molecule has 1 heterocycles. The van der Waals surface area contributed by atoms with Gasteiger partial charge in [-0.3, -0.25) is 0 Å². The Kier molecular flexibility index (Phi) is 4.44. The summed E-state index contributed by atoms with van der Waals surface area (Å²) in [5.41, 5.74) is 0.420. The summed E-state index contributed by atoms with van der Waals surface area (Å²) < 4.78 is 35.5. The molecule has 0 saturated carbocycles. The molecule has 0 fully saturated rings. The molecule has 7 heteroatoms. The monoisotopic (exact) mass is 376 g/mol. The van der Waals surface area contributed by atoms with Crippen LogP contribution in [0.1, 0.15) is 36.7 Å². The molecule has 0 aliphatic carbocycles. The first-order valence-corrected chi connectivity index (χ1v) is 9.86. The van der Waals surface area contributed by atoms with Gasteiger partial charge >= 0.3 is 5.97 Å². The van der Waals surface area contributed by atoms with Crippen LogP contribution in [-0.2, 0) is 16.3 Å². The molecule has 26 heavy (non-hydrogen) atoms. The number of rotatable bonds is 5. The number of hydrogen-bond acceptors (Lipinski definition) is 5. The van der Waals surface area contributed by atoms with Gasteiger partial charge in [0.1, 0.15) is 22.8 Å². The van der Waals surface area contributed by atoms with Gasteiger partial charge in [-0.1, -0.05) is 6.92 Å². The summed E-state index contributed by atoms with van der Waals surface area (Å²) in [5, 5.41) is 9.31. The van der Waals surface area contributed by atoms with Crippen molar-refractivity contribution in [2.45, 2.75) is 37.7 Å². The molecule has 2 aromatic rings. The second-order valence-electron chi connectivity index (χ2n) is 6.77. The van der Waals surface area contributed by atoms with E-state index < -0.39 is 21.4 Å². The largest absolute Gasteiger partial charge is 0.487 e. The van der Waals surface area contributed by atoms with Gasteiger partial charge in [0.25, 0.3) is 0 Å². The molecule has 0 atom stereocenters. The van der Waals surface area contributed by atoms with Gasteiger partial charge in [0.2, 0.25) is 0 Å². The van der Waals surface area contributed by atoms with Crippen LogP contribution in [-0.4, -0.2) is 30.8 Å². The molecular weight excluding hydrogens is 356 g/mol. The van der Waals surface area contributed by atoms with Gasteiger partial charge in [0, 0.05) is 12.0 Å². The van der Waals surface area contributed by atoms with E-state index in [0.717, 1.165) is 5.56 Å². The zero-order valence-electron chi connectivity index (χ0n) is 14.8. The number of hydrogen-bond donors (Lipinski definition) is 1. The number of carboxylic acid groups (broad SMARTS) is 1. The third-order valence-electron chi connectivity index (χ3n) is 4.19. The molecule has 0 saturated heterocycles. The van der Waals surface area contributed by atoms with Crippen LogP contribution in [0.15, 0.2) is 41.3 Å². The third-order valence-corrected chi connectivity index (χ3v) is 5.94. The summed E-state index contributed by atoms with van der Waals surface area (Å²) in [5.74, 6) is 0.268. The van der Waals surface area contributed by atoms with Gasteiger partial charge in [-0.15, -0.1) is 0 Å². The van der Waals surface area contributed by atoms with Crippen LogP contribution >= 0.6 is 0 Å². The number of sulfone groups is 1. The lowest BCUT2D eigenvalue weighted by molar-refractivity contribution is 0.0695. The first-order chi connectivity index (χ1) is 12.1. The Hall–Kier alpha value is -2.54. The molecule has 1 N–H and O–H groups in total. The van der Waals surface area contributed by atoms with Crippen molar-refractivity contribution in [1.82, 2.24) is 0 Å². The van der Waals surface area contributed by atoms with E-state index >= 15 is 0 Å². The molecule has 0 amide bonds. The molecule has 0 bridgehead atoms. The van der Waals surface area contributed by atoms with E-state index in [-0.39, 0.29) is 16.2 Å². The first-order valence-electron chi connectivity index (χ1n) is 8.21. The topological polar surface area (TPSA) is 89.9 Å². The lowest BCUT2D eigenvalue weighted by Crippen LogP contribution is -2.24. The number of fused-ring (bicyclic) bond motifs is 1. The van der Waals surface area contributed by atoms with Gasteiger partial charge in [-0.05, 0) is 50.2 Å². The molecule has 2 aromatic carbocycles. The van der Waals surface area contributed by atoms with Crippen molar-refractivity contribution in [2.75, 3.05) is 5.75 Å². The number of carboxylic acids is 1. The average Bonchev–Trinajstić information content (AvgIpc) is 2.89. The highest BCUT2D eigenvalue weighted by molar-refractivity contribution is 7.91. The summed E-state index contributed by atoms with van der Waals surface area (Å²) in [6, 6.07) is 9.04. The number of carbonyl (C=O) groups is 1. The summed E-state index contributed by atoms with van der Waals surface area (Å²) in [4.78, 5) is 11.6. The van der Waals surface area contributed by atoms with Crippen molar-refractivity contribution in [3.8, 4) is 17.2 Å². The van der Waals surface area contributed by atoms with Crippen LogP contribution in [0.25, 0.3) is 0 Å². The van der Waals surface area contributed by atoms with E-state index in [9.17, 15) is 18.3 Å². The maximum absolute atomic E-state index is 11.9. The predicted octanol–water partition coefficient (Wildman–Crippen LogP) is 3.68. The van der Waals surface area contributed by atoms with Gasteiger partial charge in [-0.2, -0.15) is 0 Å². The molecule has 138 valence electrons. The van der Waals surface area contributed by atoms with Crippen LogP contribution in [0.3, 0.4) is 0 Å². The van der Waals surface area contributed by atoms with Gasteiger partial charge in [-0.25, -0.2) is 13.2 Å². The van der Waals surface area contributed by atoms with E-state index in [1.807, 2.05) is 13.8 Å². The highest BCUT2D eigenvalue weighted by atomic mass is 32.2. The molecule has 0 spiro atoms. The molecular formula is C19H20O6S. The summed E-state index contributed by atoms with van der Waals surface area (Å²) in [6.45, 7) is 5.42. The zero-order valence-corrected chi connectivity index (χ0v) is 15.6. The zero-order chi connectivity index (χ0) is 19.1. The smallest absolute Gasteiger partial charge is 0.335 e. The fraction of sp³-hybridized carbons (Fsp3) is 0.316. The average molecular weight is 376 g/mol. The van der Waals surface area contributed by atoms with E-state index in [1.54, 1.807) is 19.1 Å². The van der Waals surface area contributed by atoms with Crippen molar-refractivity contribution < 1.29 is 27.8 Å². The number of aromatic carboxylic acids is 1. The highest BCUT2D eigenvalue weighted by Crippen LogP contribution is 2.43. The van der Waals surface area contributed by atoms with E-state index in [4.69, 9.17) is 9.47 Å². The molecule has 6 nitrogen and oxygen atoms in total. The van der Waals surface area contributed by atoms with Gasteiger partial charge in [0.05, 0.1) is 16.2 Å². The molecule has 1 aliphatic rings. The van der Waals surface area contributed by atoms with Crippen molar-refractivity contribution in [3.05, 3.63) is 47.5 Å². The quantitative estimate of drug-likeness (QED) is 0.856. The van der Waals surface area contributed by atoms with E-state index in [2.05, 4.69) is 0 Å². The Morgan fingerprint density at radius 2 is 1.88 bits per heavy atom. The van der Waals surface area contributed by atoms with Crippen LogP contribution in [0.4, 0.5) is 0 Å². The predicted molar refractivity (Wildman–Crippen MR) is 96.1 cm³/mol. The standard InChI is InChI=1S/C19H20O6S/c1-4-26(22,23)14-7-5-13(6-8-14)24-16-9-12(18(20)21)10-17-15(16)11-19(2,3)25-17/h5-10H,4,11H2,1-3H3,(H,20,21). The normalized spacial score (nSPS) is 15.2. The molecule has 0 aromatic heterocycles. The van der Waals surface area contributed by atoms with Crippen molar-refractivity contribution in [1.29, 1.82) is 0 Å². The van der Waals surface area contributed by atoms with Crippen molar-refractivity contribution in [3.63, 3.8) is 0 Å². The molecule has 3 rings (SSSR count). The molecule has 0 radical (unpaired) electrons. The Labute approximate surface area is 152 Å². The van der Waals surface area contributed by atoms with Crippen LogP contribution in [0, 0.1) is 0 Å². The van der Waals surface area contributed by atoms with E-state index in [0.29, 0.717) is 23.7 Å². The van der Waals surface area contributed by atoms with Crippen molar-refractivity contribution in [2.24, 2.45) is 0 Å². The summed E-state index contributed by atoms with van der Waals surface area (Å²) >= 11 is 0. The minimum atomic E-state index is -3.28. The Morgan fingerprint density at radius 1 is 1.23 bits per heavy atom. The second kappa shape index (κ2) is 6.32. The van der Waals surface area contributed by atoms with Gasteiger partial charge < -0.3 is 14.6 Å². The van der Waals surface area contributed by atoms with Crippen LogP contribution < -0.4 is 9.47 Å². The Morgan fingerprint density at radius 3 is 2.46 bits per heavy atom. The third kappa shape index (κ3) is 3.53. The summed E-state index contributed by atoms with van der Waals surface area (Å²) in [7, 11) is -3.28. The van der Waals surface area contributed by atoms with Crippen molar-refractivity contribution >= 4 is 15.8 Å². The van der Waals surface area contributed by atoms with E-state index in [1.165, 1.54) is 24.3 Å². The summed E-state index contributed by atoms with van der Waals surface area (Å²) in [6.07, 6.45) is 0.583. The Bertz CT molecular complexity index is 958. The highest BCUT2D eigenvalue weighted by Gasteiger charge is 2.34. The fourth-order valence-electron chi connectivity index (χ4n) is 2.87. The molecule has 1 aliphatic heterocycles. The van der Waals surface area contributed by atoms with Crippen LogP contribution in [0.5, 0.6) is 17.2 Å². The second-order valence-corrected chi connectivity index (χ2v) is 9.05. The lowest BCUT2D eigenvalue weighted by Gasteiger charge is -2.16. The minimum absolute atomic E-state index is 0.0216. The first kappa shape index (κ1) is 18.3. The molecule has 0 unspecified atom stereocenters. The van der Waals surface area contributed by atoms with Crippen LogP contribution in [0.2, 0.25) is 0 Å². The lowest BCUT2D eigenvalue weighted by atomic mass is 10.00. The maximum Gasteiger partial charge on any atom is 0.335 e.